The van der Waals surface area contributed by atoms with Gasteiger partial charge >= 0.3 is 0 Å². The monoisotopic (exact) mass is 318 g/mol. The van der Waals surface area contributed by atoms with Gasteiger partial charge in [-0.15, -0.1) is 0 Å². The van der Waals surface area contributed by atoms with Crippen LogP contribution in [0, 0.1) is 0 Å². The second-order valence-electron chi connectivity index (χ2n) is 6.57. The first-order valence-electron chi connectivity index (χ1n) is 8.51. The van der Waals surface area contributed by atoms with Crippen molar-refractivity contribution >= 4 is 5.91 Å². The Morgan fingerprint density at radius 3 is 2.70 bits per heavy atom. The Morgan fingerprint density at radius 1 is 1.26 bits per heavy atom. The molecular formula is C18H26N2O3. The van der Waals surface area contributed by atoms with Crippen molar-refractivity contribution in [3.63, 3.8) is 0 Å². The van der Waals surface area contributed by atoms with Gasteiger partial charge in [0, 0.05) is 6.54 Å². The molecule has 5 heteroatoms. The average molecular weight is 318 g/mol. The van der Waals surface area contributed by atoms with Gasteiger partial charge in [-0.05, 0) is 62.5 Å². The van der Waals surface area contributed by atoms with E-state index in [0.717, 1.165) is 30.6 Å². The van der Waals surface area contributed by atoms with Gasteiger partial charge < -0.3 is 14.7 Å². The molecule has 5 nitrogen and oxygen atoms in total. The van der Waals surface area contributed by atoms with Gasteiger partial charge in [0.1, 0.15) is 0 Å². The number of fused-ring (bicyclic) bond motifs is 1. The second-order valence-corrected chi connectivity index (χ2v) is 6.57. The summed E-state index contributed by atoms with van der Waals surface area (Å²) >= 11 is 0. The number of phenols is 1. The normalized spacial score (nSPS) is 21.8. The number of carbonyl (C=O) groups excluding carboxylic acids is 1. The number of hydrogen-bond donors (Lipinski definition) is 1. The Hall–Kier alpha value is -1.75. The number of rotatable bonds is 3. The Balaban J connectivity index is 1.74. The molecule has 1 N–H and O–H groups in total. The van der Waals surface area contributed by atoms with E-state index in [1.807, 2.05) is 11.0 Å². The van der Waals surface area contributed by atoms with Gasteiger partial charge in [0.15, 0.2) is 11.5 Å². The number of aromatic hydroxyl groups is 1. The van der Waals surface area contributed by atoms with Crippen LogP contribution < -0.4 is 4.74 Å². The third kappa shape index (κ3) is 3.29. The lowest BCUT2D eigenvalue weighted by molar-refractivity contribution is -0.135. The van der Waals surface area contributed by atoms with E-state index in [4.69, 9.17) is 4.74 Å². The molecule has 126 valence electrons. The number of amides is 1. The highest BCUT2D eigenvalue weighted by Crippen LogP contribution is 2.37. The van der Waals surface area contributed by atoms with Crippen LogP contribution in [0.1, 0.15) is 43.4 Å². The summed E-state index contributed by atoms with van der Waals surface area (Å²) in [7, 11) is 1.55. The molecule has 0 aromatic heterocycles. The van der Waals surface area contributed by atoms with Gasteiger partial charge in [-0.3, -0.25) is 9.69 Å². The molecule has 1 atom stereocenters. The number of carbonyl (C=O) groups is 1. The molecule has 0 unspecified atom stereocenters. The van der Waals surface area contributed by atoms with E-state index in [1.54, 1.807) is 13.2 Å². The van der Waals surface area contributed by atoms with Crippen molar-refractivity contribution < 1.29 is 14.6 Å². The standard InChI is InChI=1S/C18H26N2O3/c1-13-15-11-17(23-2)16(21)10-14(15)6-9-20(13)18(22)12-19-7-4-3-5-8-19/h10-11,13,21H,3-9,12H2,1-2H3/t13-/m0/s1. The van der Waals surface area contributed by atoms with Crippen molar-refractivity contribution in [1.82, 2.24) is 9.80 Å². The third-order valence-electron chi connectivity index (χ3n) is 5.11. The van der Waals surface area contributed by atoms with Crippen LogP contribution in [0.25, 0.3) is 0 Å². The highest BCUT2D eigenvalue weighted by atomic mass is 16.5. The highest BCUT2D eigenvalue weighted by Gasteiger charge is 2.29. The van der Waals surface area contributed by atoms with Crippen molar-refractivity contribution in [2.75, 3.05) is 33.3 Å². The summed E-state index contributed by atoms with van der Waals surface area (Å²) in [6.45, 7) is 5.36. The first-order chi connectivity index (χ1) is 11.1. The quantitative estimate of drug-likeness (QED) is 0.929. The first kappa shape index (κ1) is 16.1. The molecule has 0 radical (unpaired) electrons. The Morgan fingerprint density at radius 2 is 2.00 bits per heavy atom. The van der Waals surface area contributed by atoms with Gasteiger partial charge in [-0.25, -0.2) is 0 Å². The van der Waals surface area contributed by atoms with Crippen molar-refractivity contribution in [3.05, 3.63) is 23.3 Å². The summed E-state index contributed by atoms with van der Waals surface area (Å²) in [5.74, 6) is 0.851. The van der Waals surface area contributed by atoms with Crippen molar-refractivity contribution in [1.29, 1.82) is 0 Å². The summed E-state index contributed by atoms with van der Waals surface area (Å²) in [6.07, 6.45) is 4.45. The lowest BCUT2D eigenvalue weighted by atomic mass is 9.92. The van der Waals surface area contributed by atoms with Gasteiger partial charge in [0.25, 0.3) is 0 Å². The molecule has 1 fully saturated rings. The Labute approximate surface area is 137 Å². The minimum absolute atomic E-state index is 0.0190. The third-order valence-corrected chi connectivity index (χ3v) is 5.11. The number of nitrogens with zero attached hydrogens (tertiary/aromatic N) is 2. The van der Waals surface area contributed by atoms with Gasteiger partial charge in [0.05, 0.1) is 19.7 Å². The predicted octanol–water partition coefficient (Wildman–Crippen LogP) is 2.33. The second kappa shape index (κ2) is 6.79. The molecule has 2 heterocycles. The zero-order chi connectivity index (χ0) is 16.4. The fourth-order valence-electron chi connectivity index (χ4n) is 3.74. The summed E-state index contributed by atoms with van der Waals surface area (Å²) in [6, 6.07) is 3.66. The molecule has 2 aliphatic heterocycles. The smallest absolute Gasteiger partial charge is 0.237 e. The largest absolute Gasteiger partial charge is 0.504 e. The maximum atomic E-state index is 12.7. The average Bonchev–Trinajstić information content (AvgIpc) is 2.55. The predicted molar refractivity (Wildman–Crippen MR) is 88.8 cm³/mol. The van der Waals surface area contributed by atoms with E-state index in [2.05, 4.69) is 11.8 Å². The number of phenolic OH excluding ortho intramolecular Hbond substituents is 1. The van der Waals surface area contributed by atoms with E-state index in [1.165, 1.54) is 19.3 Å². The number of hydrogen-bond acceptors (Lipinski definition) is 4. The Bertz CT molecular complexity index is 582. The van der Waals surface area contributed by atoms with Gasteiger partial charge in [0.2, 0.25) is 5.91 Å². The lowest BCUT2D eigenvalue weighted by Gasteiger charge is -2.37. The van der Waals surface area contributed by atoms with Crippen LogP contribution in [0.15, 0.2) is 12.1 Å². The lowest BCUT2D eigenvalue weighted by Crippen LogP contribution is -2.45. The number of benzene rings is 1. The zero-order valence-electron chi connectivity index (χ0n) is 14.0. The number of piperidine rings is 1. The van der Waals surface area contributed by atoms with E-state index in [0.29, 0.717) is 18.8 Å². The molecule has 2 aliphatic rings. The first-order valence-corrected chi connectivity index (χ1v) is 8.51. The fourth-order valence-corrected chi connectivity index (χ4v) is 3.74. The number of likely N-dealkylation sites (tertiary alicyclic amines) is 1. The molecule has 1 amide bonds. The molecule has 1 aromatic carbocycles. The minimum Gasteiger partial charge on any atom is -0.504 e. The number of methoxy groups -OCH3 is 1. The molecule has 0 saturated carbocycles. The van der Waals surface area contributed by atoms with Gasteiger partial charge in [-0.1, -0.05) is 6.42 Å². The summed E-state index contributed by atoms with van der Waals surface area (Å²) < 4.78 is 5.21. The molecule has 0 bridgehead atoms. The number of ether oxygens (including phenoxy) is 1. The van der Waals surface area contributed by atoms with E-state index >= 15 is 0 Å². The van der Waals surface area contributed by atoms with E-state index < -0.39 is 0 Å². The van der Waals surface area contributed by atoms with Crippen LogP contribution in [0.2, 0.25) is 0 Å². The van der Waals surface area contributed by atoms with Crippen LogP contribution in [-0.4, -0.2) is 54.1 Å². The Kier molecular flexibility index (Phi) is 4.76. The van der Waals surface area contributed by atoms with Crippen LogP contribution in [0.4, 0.5) is 0 Å². The van der Waals surface area contributed by atoms with Crippen LogP contribution in [-0.2, 0) is 11.2 Å². The summed E-state index contributed by atoms with van der Waals surface area (Å²) in [5.41, 5.74) is 2.19. The van der Waals surface area contributed by atoms with Crippen LogP contribution >= 0.6 is 0 Å². The molecular weight excluding hydrogens is 292 g/mol. The van der Waals surface area contributed by atoms with Crippen molar-refractivity contribution in [2.45, 2.75) is 38.6 Å². The molecule has 1 saturated heterocycles. The highest BCUT2D eigenvalue weighted by molar-refractivity contribution is 5.79. The van der Waals surface area contributed by atoms with E-state index in [9.17, 15) is 9.90 Å². The summed E-state index contributed by atoms with van der Waals surface area (Å²) in [4.78, 5) is 16.9. The molecule has 0 spiro atoms. The van der Waals surface area contributed by atoms with Crippen molar-refractivity contribution in [3.8, 4) is 11.5 Å². The van der Waals surface area contributed by atoms with Crippen LogP contribution in [0.5, 0.6) is 11.5 Å². The molecule has 0 aliphatic carbocycles. The SMILES string of the molecule is COc1cc2c(cc1O)CCN(C(=O)CN1CCCCC1)[C@H]2C. The van der Waals surface area contributed by atoms with Crippen LogP contribution in [0.3, 0.4) is 0 Å². The maximum absolute atomic E-state index is 12.7. The molecule has 3 rings (SSSR count). The topological polar surface area (TPSA) is 53.0 Å². The van der Waals surface area contributed by atoms with E-state index in [-0.39, 0.29) is 17.7 Å². The molecule has 1 aromatic rings. The van der Waals surface area contributed by atoms with Crippen molar-refractivity contribution in [2.24, 2.45) is 0 Å². The maximum Gasteiger partial charge on any atom is 0.237 e. The zero-order valence-corrected chi connectivity index (χ0v) is 14.0. The fraction of sp³-hybridized carbons (Fsp3) is 0.611. The van der Waals surface area contributed by atoms with Gasteiger partial charge in [-0.2, -0.15) is 0 Å². The molecule has 23 heavy (non-hydrogen) atoms. The minimum atomic E-state index is 0.0190. The summed E-state index contributed by atoms with van der Waals surface area (Å²) in [5, 5.41) is 9.93.